The van der Waals surface area contributed by atoms with Gasteiger partial charge in [-0.15, -0.1) is 11.3 Å². The number of aromatic nitrogens is 1. The molecule has 72 valence electrons. The third kappa shape index (κ3) is 2.27. The average Bonchev–Trinajstić information content (AvgIpc) is 2.56. The van der Waals surface area contributed by atoms with Crippen molar-refractivity contribution in [1.29, 1.82) is 0 Å². The maximum absolute atomic E-state index is 9.10. The van der Waals surface area contributed by atoms with Crippen LogP contribution in [-0.2, 0) is 0 Å². The van der Waals surface area contributed by atoms with Crippen LogP contribution in [0.5, 0.6) is 5.75 Å². The van der Waals surface area contributed by atoms with Gasteiger partial charge in [-0.3, -0.25) is 0 Å². The van der Waals surface area contributed by atoms with Gasteiger partial charge in [-0.25, -0.2) is 4.98 Å². The Balaban J connectivity index is 2.15. The summed E-state index contributed by atoms with van der Waals surface area (Å²) in [5, 5.41) is 9.10. The molecule has 0 aliphatic carbocycles. The molecule has 4 heteroatoms. The lowest BCUT2D eigenvalue weighted by molar-refractivity contribution is 0.475. The van der Waals surface area contributed by atoms with Crippen molar-refractivity contribution in [2.45, 2.75) is 16.2 Å². The number of phenols is 1. The number of benzene rings is 1. The smallest absolute Gasteiger partial charge is 0.154 e. The lowest BCUT2D eigenvalue weighted by atomic mass is 10.3. The topological polar surface area (TPSA) is 33.1 Å². The molecule has 0 amide bonds. The van der Waals surface area contributed by atoms with Gasteiger partial charge < -0.3 is 5.11 Å². The van der Waals surface area contributed by atoms with Crippen molar-refractivity contribution in [2.24, 2.45) is 0 Å². The third-order valence-corrected chi connectivity index (χ3v) is 3.64. The first kappa shape index (κ1) is 9.55. The van der Waals surface area contributed by atoms with Gasteiger partial charge in [0, 0.05) is 16.0 Å². The molecule has 0 aliphatic rings. The Hall–Kier alpha value is -1.00. The number of rotatable bonds is 2. The highest BCUT2D eigenvalue weighted by Crippen LogP contribution is 2.31. The Kier molecular flexibility index (Phi) is 2.74. The van der Waals surface area contributed by atoms with Crippen molar-refractivity contribution in [1.82, 2.24) is 4.98 Å². The minimum absolute atomic E-state index is 0.296. The number of phenolic OH excluding ortho intramolecular Hbond substituents is 1. The van der Waals surface area contributed by atoms with E-state index in [9.17, 15) is 0 Å². The summed E-state index contributed by atoms with van der Waals surface area (Å²) in [4.78, 5) is 6.56. The minimum atomic E-state index is 0.296. The fourth-order valence-electron chi connectivity index (χ4n) is 0.996. The predicted molar refractivity (Wildman–Crippen MR) is 59.1 cm³/mol. The quantitative estimate of drug-likeness (QED) is 0.848. The van der Waals surface area contributed by atoms with Crippen LogP contribution >= 0.6 is 23.1 Å². The number of hydrogen-bond donors (Lipinski definition) is 1. The van der Waals surface area contributed by atoms with E-state index in [1.807, 2.05) is 25.3 Å². The van der Waals surface area contributed by atoms with Crippen LogP contribution in [0.1, 0.15) is 4.88 Å². The van der Waals surface area contributed by atoms with Crippen molar-refractivity contribution in [3.63, 3.8) is 0 Å². The molecule has 1 N–H and O–H groups in total. The maximum atomic E-state index is 9.10. The summed E-state index contributed by atoms with van der Waals surface area (Å²) in [6, 6.07) is 7.14. The lowest BCUT2D eigenvalue weighted by Gasteiger charge is -1.96. The van der Waals surface area contributed by atoms with Crippen molar-refractivity contribution in [2.75, 3.05) is 0 Å². The lowest BCUT2D eigenvalue weighted by Crippen LogP contribution is -1.70. The van der Waals surface area contributed by atoms with Crippen LogP contribution in [0.15, 0.2) is 39.7 Å². The Morgan fingerprint density at radius 2 is 2.00 bits per heavy atom. The zero-order valence-corrected chi connectivity index (χ0v) is 9.23. The van der Waals surface area contributed by atoms with Crippen LogP contribution in [0.4, 0.5) is 0 Å². The maximum Gasteiger partial charge on any atom is 0.154 e. The van der Waals surface area contributed by atoms with E-state index in [1.165, 1.54) is 4.88 Å². The molecular weight excluding hydrogens is 214 g/mol. The molecule has 0 fully saturated rings. The molecule has 0 bridgehead atoms. The summed E-state index contributed by atoms with van der Waals surface area (Å²) in [5.74, 6) is 0.296. The first-order valence-electron chi connectivity index (χ1n) is 4.13. The van der Waals surface area contributed by atoms with Crippen molar-refractivity contribution >= 4 is 23.1 Å². The Bertz CT molecular complexity index is 422. The summed E-state index contributed by atoms with van der Waals surface area (Å²) in [7, 11) is 0. The second kappa shape index (κ2) is 4.02. The van der Waals surface area contributed by atoms with E-state index in [4.69, 9.17) is 5.11 Å². The number of nitrogens with zero attached hydrogens (tertiary/aromatic N) is 1. The second-order valence-electron chi connectivity index (χ2n) is 2.83. The molecule has 1 heterocycles. The highest BCUT2D eigenvalue weighted by atomic mass is 32.2. The molecule has 0 atom stereocenters. The van der Waals surface area contributed by atoms with Gasteiger partial charge in [0.05, 0.1) is 0 Å². The second-order valence-corrected chi connectivity index (χ2v) is 5.39. The summed E-state index contributed by atoms with van der Waals surface area (Å²) in [5.41, 5.74) is 0. The molecule has 2 nitrogen and oxygen atoms in total. The van der Waals surface area contributed by atoms with Crippen molar-refractivity contribution < 1.29 is 5.11 Å². The van der Waals surface area contributed by atoms with Gasteiger partial charge in [-0.2, -0.15) is 0 Å². The highest BCUT2D eigenvalue weighted by Gasteiger charge is 2.01. The predicted octanol–water partition coefficient (Wildman–Crippen LogP) is 3.31. The fourth-order valence-corrected chi connectivity index (χ4v) is 2.91. The Labute approximate surface area is 90.6 Å². The molecule has 1 aromatic carbocycles. The Morgan fingerprint density at radius 1 is 1.29 bits per heavy atom. The zero-order valence-electron chi connectivity index (χ0n) is 7.60. The van der Waals surface area contributed by atoms with E-state index >= 15 is 0 Å². The molecule has 0 saturated carbocycles. The minimum Gasteiger partial charge on any atom is -0.508 e. The molecule has 0 unspecified atom stereocenters. The largest absolute Gasteiger partial charge is 0.508 e. The SMILES string of the molecule is Cc1cnc(Sc2ccc(O)cc2)s1. The van der Waals surface area contributed by atoms with Gasteiger partial charge in [0.2, 0.25) is 0 Å². The number of thiazole rings is 1. The average molecular weight is 223 g/mol. The summed E-state index contributed by atoms with van der Waals surface area (Å²) < 4.78 is 1.04. The van der Waals surface area contributed by atoms with E-state index in [1.54, 1.807) is 35.2 Å². The molecule has 1 aromatic heterocycles. The first-order chi connectivity index (χ1) is 6.74. The summed E-state index contributed by atoms with van der Waals surface area (Å²) >= 11 is 3.29. The zero-order chi connectivity index (χ0) is 9.97. The van der Waals surface area contributed by atoms with Crippen LogP contribution in [0.25, 0.3) is 0 Å². The van der Waals surface area contributed by atoms with E-state index < -0.39 is 0 Å². The van der Waals surface area contributed by atoms with Crippen LogP contribution in [0, 0.1) is 6.92 Å². The monoisotopic (exact) mass is 223 g/mol. The molecule has 0 saturated heterocycles. The number of aryl methyl sites for hydroxylation is 1. The summed E-state index contributed by atoms with van der Waals surface area (Å²) in [6.45, 7) is 2.04. The number of aromatic hydroxyl groups is 1. The first-order valence-corrected chi connectivity index (χ1v) is 5.76. The summed E-state index contributed by atoms with van der Waals surface area (Å²) in [6.07, 6.45) is 1.87. The van der Waals surface area contributed by atoms with Gasteiger partial charge in [-0.05, 0) is 31.2 Å². The van der Waals surface area contributed by atoms with E-state index in [2.05, 4.69) is 4.98 Å². The fraction of sp³-hybridized carbons (Fsp3) is 0.100. The van der Waals surface area contributed by atoms with Crippen LogP contribution < -0.4 is 0 Å². The third-order valence-electron chi connectivity index (χ3n) is 1.64. The number of hydrogen-bond acceptors (Lipinski definition) is 4. The normalized spacial score (nSPS) is 10.4. The standard InChI is InChI=1S/C10H9NOS2/c1-7-6-11-10(13-7)14-9-4-2-8(12)3-5-9/h2-6,12H,1H3. The Morgan fingerprint density at radius 3 is 2.57 bits per heavy atom. The molecule has 2 rings (SSSR count). The molecule has 14 heavy (non-hydrogen) atoms. The van der Waals surface area contributed by atoms with Crippen LogP contribution in [0.3, 0.4) is 0 Å². The van der Waals surface area contributed by atoms with Gasteiger partial charge in [0.1, 0.15) is 5.75 Å². The molecular formula is C10H9NOS2. The van der Waals surface area contributed by atoms with E-state index in [0.29, 0.717) is 5.75 Å². The van der Waals surface area contributed by atoms with E-state index in [0.717, 1.165) is 9.24 Å². The highest BCUT2D eigenvalue weighted by molar-refractivity contribution is 8.01. The van der Waals surface area contributed by atoms with Gasteiger partial charge in [-0.1, -0.05) is 11.8 Å². The molecule has 0 aliphatic heterocycles. The molecule has 0 spiro atoms. The van der Waals surface area contributed by atoms with Crippen LogP contribution in [-0.4, -0.2) is 10.1 Å². The van der Waals surface area contributed by atoms with Crippen LogP contribution in [0.2, 0.25) is 0 Å². The van der Waals surface area contributed by atoms with Gasteiger partial charge in [0.25, 0.3) is 0 Å². The molecule has 2 aromatic rings. The van der Waals surface area contributed by atoms with E-state index in [-0.39, 0.29) is 0 Å². The van der Waals surface area contributed by atoms with Crippen molar-refractivity contribution in [3.05, 3.63) is 35.3 Å². The van der Waals surface area contributed by atoms with Gasteiger partial charge >= 0.3 is 0 Å². The van der Waals surface area contributed by atoms with Gasteiger partial charge in [0.15, 0.2) is 4.34 Å². The molecule has 0 radical (unpaired) electrons. The van der Waals surface area contributed by atoms with Crippen molar-refractivity contribution in [3.8, 4) is 5.75 Å².